The van der Waals surface area contributed by atoms with Crippen molar-refractivity contribution in [3.63, 3.8) is 0 Å². The fourth-order valence-corrected chi connectivity index (χ4v) is 2.90. The third-order valence-electron chi connectivity index (χ3n) is 3.92. The Bertz CT molecular complexity index is 313. The van der Waals surface area contributed by atoms with Crippen LogP contribution in [0.15, 0.2) is 30.3 Å². The van der Waals surface area contributed by atoms with E-state index < -0.39 is 0 Å². The molecule has 0 aromatic heterocycles. The van der Waals surface area contributed by atoms with Crippen LogP contribution in [-0.4, -0.2) is 13.1 Å². The molecule has 1 heterocycles. The fourth-order valence-electron chi connectivity index (χ4n) is 2.90. The van der Waals surface area contributed by atoms with E-state index in [1.165, 1.54) is 32.4 Å². The molecule has 1 saturated carbocycles. The van der Waals surface area contributed by atoms with Gasteiger partial charge in [0.1, 0.15) is 0 Å². The van der Waals surface area contributed by atoms with E-state index in [0.29, 0.717) is 5.41 Å². The maximum atomic E-state index is 3.54. The Morgan fingerprint density at radius 2 is 1.93 bits per heavy atom. The lowest BCUT2D eigenvalue weighted by molar-refractivity contribution is 0.304. The highest BCUT2D eigenvalue weighted by atomic mass is 14.9. The van der Waals surface area contributed by atoms with Crippen LogP contribution >= 0.6 is 0 Å². The van der Waals surface area contributed by atoms with Crippen LogP contribution in [-0.2, 0) is 0 Å². The van der Waals surface area contributed by atoms with Gasteiger partial charge in [0.15, 0.2) is 0 Å². The molecule has 1 saturated heterocycles. The van der Waals surface area contributed by atoms with Crippen molar-refractivity contribution in [1.82, 2.24) is 5.32 Å². The maximum absolute atomic E-state index is 3.54. The smallest absolute Gasteiger partial charge is 0.00137 e. The van der Waals surface area contributed by atoms with E-state index in [4.69, 9.17) is 0 Å². The van der Waals surface area contributed by atoms with Gasteiger partial charge in [-0.25, -0.2) is 0 Å². The van der Waals surface area contributed by atoms with Crippen LogP contribution in [0.5, 0.6) is 0 Å². The first-order chi connectivity index (χ1) is 6.91. The Balaban J connectivity index is 1.90. The van der Waals surface area contributed by atoms with Crippen LogP contribution in [0.25, 0.3) is 0 Å². The highest BCUT2D eigenvalue weighted by Gasteiger charge is 2.50. The molecular weight excluding hydrogens is 170 g/mol. The first-order valence-corrected chi connectivity index (χ1v) is 5.66. The van der Waals surface area contributed by atoms with E-state index in [1.807, 2.05) is 0 Å². The van der Waals surface area contributed by atoms with Crippen LogP contribution in [0.2, 0.25) is 0 Å². The van der Waals surface area contributed by atoms with E-state index in [-0.39, 0.29) is 0 Å². The van der Waals surface area contributed by atoms with Gasteiger partial charge in [-0.3, -0.25) is 0 Å². The minimum Gasteiger partial charge on any atom is -0.316 e. The zero-order chi connectivity index (χ0) is 9.43. The van der Waals surface area contributed by atoms with Gasteiger partial charge in [0.05, 0.1) is 0 Å². The Hall–Kier alpha value is -0.820. The number of benzene rings is 1. The quantitative estimate of drug-likeness (QED) is 0.712. The summed E-state index contributed by atoms with van der Waals surface area (Å²) in [7, 11) is 0. The summed E-state index contributed by atoms with van der Waals surface area (Å²) in [5.41, 5.74) is 2.20. The van der Waals surface area contributed by atoms with Gasteiger partial charge < -0.3 is 5.32 Å². The average Bonchev–Trinajstić information content (AvgIpc) is 3.01. The lowest BCUT2D eigenvalue weighted by atomic mass is 9.78. The minimum absolute atomic E-state index is 0.638. The summed E-state index contributed by atoms with van der Waals surface area (Å²) in [4.78, 5) is 0. The summed E-state index contributed by atoms with van der Waals surface area (Å²) in [6.45, 7) is 2.44. The van der Waals surface area contributed by atoms with E-state index >= 15 is 0 Å². The molecular formula is C13H17N. The van der Waals surface area contributed by atoms with Crippen LogP contribution in [0.3, 0.4) is 0 Å². The molecule has 1 heteroatoms. The van der Waals surface area contributed by atoms with Crippen LogP contribution in [0.1, 0.15) is 30.7 Å². The van der Waals surface area contributed by atoms with Gasteiger partial charge in [0, 0.05) is 6.54 Å². The molecule has 1 N–H and O–H groups in total. The summed E-state index contributed by atoms with van der Waals surface area (Å²) in [6, 6.07) is 11.1. The Morgan fingerprint density at radius 3 is 2.64 bits per heavy atom. The molecule has 3 rings (SSSR count). The average molecular weight is 187 g/mol. The van der Waals surface area contributed by atoms with Crippen molar-refractivity contribution in [3.8, 4) is 0 Å². The predicted molar refractivity (Wildman–Crippen MR) is 58.3 cm³/mol. The second-order valence-corrected chi connectivity index (χ2v) is 4.79. The third kappa shape index (κ3) is 1.27. The van der Waals surface area contributed by atoms with Gasteiger partial charge in [-0.1, -0.05) is 30.3 Å². The van der Waals surface area contributed by atoms with Crippen molar-refractivity contribution in [1.29, 1.82) is 0 Å². The summed E-state index contributed by atoms with van der Waals surface area (Å²) in [5, 5.41) is 3.54. The van der Waals surface area contributed by atoms with Gasteiger partial charge in [0.2, 0.25) is 0 Å². The van der Waals surface area contributed by atoms with Crippen LogP contribution in [0.4, 0.5) is 0 Å². The molecule has 74 valence electrons. The lowest BCUT2D eigenvalue weighted by Crippen LogP contribution is -2.36. The topological polar surface area (TPSA) is 12.0 Å². The normalized spacial score (nSPS) is 29.0. The van der Waals surface area contributed by atoms with E-state index in [9.17, 15) is 0 Å². The maximum Gasteiger partial charge on any atom is 0.00137 e. The zero-order valence-electron chi connectivity index (χ0n) is 8.50. The van der Waals surface area contributed by atoms with Gasteiger partial charge in [0.25, 0.3) is 0 Å². The highest BCUT2D eigenvalue weighted by Crippen LogP contribution is 2.58. The molecule has 1 atom stereocenters. The Labute approximate surface area is 85.5 Å². The number of nitrogens with one attached hydrogen (secondary N) is 1. The minimum atomic E-state index is 0.638. The molecule has 0 radical (unpaired) electrons. The number of piperidine rings is 1. The molecule has 1 spiro atoms. The number of rotatable bonds is 1. The van der Waals surface area contributed by atoms with Crippen molar-refractivity contribution in [2.24, 2.45) is 5.41 Å². The van der Waals surface area contributed by atoms with Crippen molar-refractivity contribution in [3.05, 3.63) is 35.9 Å². The lowest BCUT2D eigenvalue weighted by Gasteiger charge is -2.32. The molecule has 2 fully saturated rings. The molecule has 14 heavy (non-hydrogen) atoms. The van der Waals surface area contributed by atoms with E-state index in [1.54, 1.807) is 5.56 Å². The molecule has 0 bridgehead atoms. The molecule has 1 aromatic rings. The monoisotopic (exact) mass is 187 g/mol. The van der Waals surface area contributed by atoms with Crippen molar-refractivity contribution in [2.45, 2.75) is 25.2 Å². The molecule has 2 aliphatic rings. The van der Waals surface area contributed by atoms with Crippen molar-refractivity contribution in [2.75, 3.05) is 13.1 Å². The molecule has 1 unspecified atom stereocenters. The molecule has 1 aromatic carbocycles. The summed E-state index contributed by atoms with van der Waals surface area (Å²) in [6.07, 6.45) is 4.18. The molecule has 1 nitrogen and oxygen atoms in total. The number of hydrogen-bond acceptors (Lipinski definition) is 1. The van der Waals surface area contributed by atoms with Crippen LogP contribution in [0, 0.1) is 5.41 Å². The largest absolute Gasteiger partial charge is 0.316 e. The summed E-state index contributed by atoms with van der Waals surface area (Å²) < 4.78 is 0. The Morgan fingerprint density at radius 1 is 1.14 bits per heavy atom. The van der Waals surface area contributed by atoms with Gasteiger partial charge >= 0.3 is 0 Å². The second-order valence-electron chi connectivity index (χ2n) is 4.79. The summed E-state index contributed by atoms with van der Waals surface area (Å²) in [5.74, 6) is 0.824. The highest BCUT2D eigenvalue weighted by molar-refractivity contribution is 5.26. The first kappa shape index (κ1) is 8.49. The molecule has 1 aliphatic heterocycles. The van der Waals surface area contributed by atoms with Crippen LogP contribution < -0.4 is 5.32 Å². The fraction of sp³-hybridized carbons (Fsp3) is 0.538. The van der Waals surface area contributed by atoms with Crippen molar-refractivity contribution >= 4 is 0 Å². The molecule has 0 amide bonds. The Kier molecular flexibility index (Phi) is 1.88. The van der Waals surface area contributed by atoms with Gasteiger partial charge in [-0.05, 0) is 42.7 Å². The van der Waals surface area contributed by atoms with Gasteiger partial charge in [-0.2, -0.15) is 0 Å². The predicted octanol–water partition coefficient (Wildman–Crippen LogP) is 2.54. The van der Waals surface area contributed by atoms with E-state index in [2.05, 4.69) is 35.6 Å². The standard InChI is InChI=1S/C13H17N/c1-2-4-11(5-3-1)12-6-9-14-10-13(12)7-8-13/h1-5,12,14H,6-10H2. The van der Waals surface area contributed by atoms with Gasteiger partial charge in [-0.15, -0.1) is 0 Å². The SMILES string of the molecule is c1ccc(C2CCNCC23CC3)cc1. The second kappa shape index (κ2) is 3.09. The first-order valence-electron chi connectivity index (χ1n) is 5.66. The summed E-state index contributed by atoms with van der Waals surface area (Å²) >= 11 is 0. The van der Waals surface area contributed by atoms with E-state index in [0.717, 1.165) is 5.92 Å². The zero-order valence-corrected chi connectivity index (χ0v) is 8.50. The van der Waals surface area contributed by atoms with Crippen molar-refractivity contribution < 1.29 is 0 Å². The third-order valence-corrected chi connectivity index (χ3v) is 3.92. The molecule has 1 aliphatic carbocycles. The number of hydrogen-bond donors (Lipinski definition) is 1.